The van der Waals surface area contributed by atoms with Crippen molar-refractivity contribution >= 4 is 18.1 Å². The van der Waals surface area contributed by atoms with Gasteiger partial charge in [0, 0.05) is 8.31 Å². The van der Waals surface area contributed by atoms with Crippen molar-refractivity contribution < 1.29 is 0 Å². The van der Waals surface area contributed by atoms with Gasteiger partial charge in [-0.3, -0.25) is 0 Å². The maximum atomic E-state index is 2.32. The minimum atomic E-state index is -0.111. The smallest absolute Gasteiger partial charge is 0.0146 e. The van der Waals surface area contributed by atoms with Gasteiger partial charge in [0.25, 0.3) is 0 Å². The average Bonchev–Trinajstić information content (AvgIpc) is 0.811. The van der Waals surface area contributed by atoms with Crippen molar-refractivity contribution in [1.29, 1.82) is 0 Å². The minimum Gasteiger partial charge on any atom is -0.0748 e. The molecule has 0 aliphatic carbocycles. The predicted octanol–water partition coefficient (Wildman–Crippen LogP) is -0.397. The van der Waals surface area contributed by atoms with Crippen molar-refractivity contribution in [2.45, 2.75) is 13.1 Å². The highest BCUT2D eigenvalue weighted by molar-refractivity contribution is 7.01. The predicted molar refractivity (Wildman–Crippen MR) is 27.4 cm³/mol. The molecule has 0 saturated heterocycles. The molecule has 0 aromatic rings. The molecule has 0 atom stereocenters. The molecule has 2 heteroatoms. The van der Waals surface area contributed by atoms with E-state index in [1.165, 1.54) is 0 Å². The highest BCUT2D eigenvalue weighted by atomic mass is 29.1. The second kappa shape index (κ2) is 1.72. The molecule has 0 aliphatic rings. The molecule has 25 valence electrons. The van der Waals surface area contributed by atoms with Crippen molar-refractivity contribution in [2.24, 2.45) is 0 Å². The van der Waals surface area contributed by atoms with Crippen molar-refractivity contribution in [2.75, 3.05) is 0 Å². The molecule has 0 nitrogen and oxygen atoms in total. The second-order valence-corrected chi connectivity index (χ2v) is 9.08. The van der Waals surface area contributed by atoms with Gasteiger partial charge in [-0.2, -0.15) is 0 Å². The first-order chi connectivity index (χ1) is 1.73. The van der Waals surface area contributed by atoms with Crippen molar-refractivity contribution in [3.8, 4) is 0 Å². The van der Waals surface area contributed by atoms with Gasteiger partial charge in [-0.1, -0.05) is 13.1 Å². The molecule has 4 heavy (non-hydrogen) atoms. The fraction of sp³-hybridized carbons (Fsp3) is 1.00. The molecule has 0 N–H and O–H groups in total. The third kappa shape index (κ3) is 26.6. The summed E-state index contributed by atoms with van der Waals surface area (Å²) in [7, 11) is 2.03. The van der Waals surface area contributed by atoms with Crippen LogP contribution in [0.15, 0.2) is 0 Å². The first kappa shape index (κ1) is 4.43. The molecule has 0 unspecified atom stereocenters. The molecule has 0 amide bonds. The van der Waals surface area contributed by atoms with Crippen molar-refractivity contribution in [3.63, 3.8) is 0 Å². The molecule has 0 bridgehead atoms. The van der Waals surface area contributed by atoms with Crippen LogP contribution >= 0.6 is 0 Å². The largest absolute Gasteiger partial charge is 0.0748 e. The highest BCUT2D eigenvalue weighted by Crippen LogP contribution is 1.59. The van der Waals surface area contributed by atoms with Gasteiger partial charge in [0.05, 0.1) is 0 Å². The van der Waals surface area contributed by atoms with Crippen molar-refractivity contribution in [3.05, 3.63) is 0 Å². The zero-order chi connectivity index (χ0) is 3.58. The molecular weight excluding hydrogens is 80.2 g/mol. The molecule has 0 saturated carbocycles. The Labute approximate surface area is 32.0 Å². The molecule has 0 fully saturated rings. The molecular formula is C2H9Si2. The van der Waals surface area contributed by atoms with Crippen molar-refractivity contribution in [1.82, 2.24) is 0 Å². The van der Waals surface area contributed by atoms with E-state index in [-0.39, 0.29) is 8.31 Å². The van der Waals surface area contributed by atoms with Gasteiger partial charge in [-0.05, 0) is 9.76 Å². The monoisotopic (exact) mass is 89.0 g/mol. The van der Waals surface area contributed by atoms with E-state index in [0.717, 1.165) is 0 Å². The van der Waals surface area contributed by atoms with E-state index in [2.05, 4.69) is 22.9 Å². The minimum absolute atomic E-state index is 0.111. The van der Waals surface area contributed by atoms with Crippen LogP contribution in [0.25, 0.3) is 0 Å². The van der Waals surface area contributed by atoms with Crippen LogP contribution in [-0.2, 0) is 0 Å². The Kier molecular flexibility index (Phi) is 1.91. The van der Waals surface area contributed by atoms with E-state index < -0.39 is 0 Å². The first-order valence-corrected chi connectivity index (χ1v) is 7.14. The molecule has 1 radical (unpaired) electrons. The summed E-state index contributed by atoms with van der Waals surface area (Å²) in [5.74, 6) is 0. The Morgan fingerprint density at radius 2 is 1.50 bits per heavy atom. The molecule has 0 heterocycles. The maximum Gasteiger partial charge on any atom is 0.0146 e. The van der Waals surface area contributed by atoms with Crippen LogP contribution in [0, 0.1) is 0 Å². The normalized spacial score (nSPS) is 9.00. The van der Waals surface area contributed by atoms with Crippen LogP contribution in [0.5, 0.6) is 0 Å². The summed E-state index contributed by atoms with van der Waals surface area (Å²) in [6, 6.07) is 0. The summed E-state index contributed by atoms with van der Waals surface area (Å²) in [6.07, 6.45) is 0. The average molecular weight is 89.3 g/mol. The van der Waals surface area contributed by atoms with E-state index >= 15 is 0 Å². The van der Waals surface area contributed by atoms with E-state index in [0.29, 0.717) is 0 Å². The first-order valence-electron chi connectivity index (χ1n) is 1.56. The number of hydrogen-bond acceptors (Lipinski definition) is 0. The summed E-state index contributed by atoms with van der Waals surface area (Å²) in [5, 5.41) is 0. The lowest BCUT2D eigenvalue weighted by Crippen LogP contribution is -1.94. The third-order valence-electron chi connectivity index (χ3n) is 0. The Balaban J connectivity index is 2.32. The maximum absolute atomic E-state index is 2.32. The lowest BCUT2D eigenvalue weighted by atomic mass is 11.9. The van der Waals surface area contributed by atoms with Crippen LogP contribution in [0.4, 0.5) is 0 Å². The topological polar surface area (TPSA) is 0 Å². The number of rotatable bonds is 0. The SMILES string of the molecule is C[SiH](C)[SiH2]. The molecule has 0 aromatic heterocycles. The quantitative estimate of drug-likeness (QED) is 0.354. The molecule has 0 spiro atoms. The van der Waals surface area contributed by atoms with E-state index in [4.69, 9.17) is 0 Å². The Hall–Kier alpha value is 0.434. The third-order valence-corrected chi connectivity index (χ3v) is 0. The fourth-order valence-electron chi connectivity index (χ4n) is 0. The molecule has 0 aliphatic heterocycles. The van der Waals surface area contributed by atoms with Crippen LogP contribution in [0.3, 0.4) is 0 Å². The zero-order valence-electron chi connectivity index (χ0n) is 3.28. The van der Waals surface area contributed by atoms with Gasteiger partial charge in [-0.15, -0.1) is 0 Å². The molecule has 0 aromatic carbocycles. The Morgan fingerprint density at radius 3 is 1.50 bits per heavy atom. The van der Waals surface area contributed by atoms with E-state index in [1.54, 1.807) is 0 Å². The fourth-order valence-corrected chi connectivity index (χ4v) is 0. The summed E-state index contributed by atoms with van der Waals surface area (Å²) in [4.78, 5) is 0. The van der Waals surface area contributed by atoms with Crippen LogP contribution in [0.1, 0.15) is 0 Å². The zero-order valence-corrected chi connectivity index (χ0v) is 5.85. The van der Waals surface area contributed by atoms with Gasteiger partial charge in [0.2, 0.25) is 0 Å². The summed E-state index contributed by atoms with van der Waals surface area (Å²) < 4.78 is 0. The van der Waals surface area contributed by atoms with Gasteiger partial charge in [0.15, 0.2) is 0 Å². The number of hydrogen-bond donors (Lipinski definition) is 0. The van der Waals surface area contributed by atoms with Gasteiger partial charge in [0.1, 0.15) is 0 Å². The van der Waals surface area contributed by atoms with Gasteiger partial charge >= 0.3 is 0 Å². The standard InChI is InChI=1S/C2H9Si2/c1-4(2)3/h4H,3H2,1-2H3. The Morgan fingerprint density at radius 1 is 1.50 bits per heavy atom. The van der Waals surface area contributed by atoms with Gasteiger partial charge in [-0.25, -0.2) is 0 Å². The lowest BCUT2D eigenvalue weighted by Gasteiger charge is -1.75. The van der Waals surface area contributed by atoms with Gasteiger partial charge < -0.3 is 0 Å². The summed E-state index contributed by atoms with van der Waals surface area (Å²) >= 11 is 0. The summed E-state index contributed by atoms with van der Waals surface area (Å²) in [5.41, 5.74) is 0. The Bertz CT molecular complexity index is 8.75. The second-order valence-electron chi connectivity index (χ2n) is 1.39. The molecule has 0 rings (SSSR count). The van der Waals surface area contributed by atoms with E-state index in [9.17, 15) is 0 Å². The van der Waals surface area contributed by atoms with E-state index in [1.807, 2.05) is 0 Å². The lowest BCUT2D eigenvalue weighted by molar-refractivity contribution is 2.10. The van der Waals surface area contributed by atoms with Crippen LogP contribution in [0.2, 0.25) is 13.1 Å². The van der Waals surface area contributed by atoms with Crippen LogP contribution in [-0.4, -0.2) is 18.1 Å². The highest BCUT2D eigenvalue weighted by Gasteiger charge is 1.72. The van der Waals surface area contributed by atoms with Crippen LogP contribution < -0.4 is 0 Å². The summed E-state index contributed by atoms with van der Waals surface area (Å²) in [6.45, 7) is 4.64.